The second-order valence-corrected chi connectivity index (χ2v) is 4.19. The monoisotopic (exact) mass is 151 g/mol. The van der Waals surface area contributed by atoms with Crippen molar-refractivity contribution in [1.82, 2.24) is 4.90 Å². The van der Waals surface area contributed by atoms with Crippen LogP contribution in [0.1, 0.15) is 12.8 Å². The zero-order valence-corrected chi connectivity index (χ0v) is 6.70. The van der Waals surface area contributed by atoms with Gasteiger partial charge in [-0.2, -0.15) is 0 Å². The smallest absolute Gasteiger partial charge is 0.0565 e. The average Bonchev–Trinajstić information content (AvgIpc) is 2.25. The molecule has 2 nitrogen and oxygen atoms in total. The van der Waals surface area contributed by atoms with E-state index in [1.165, 1.54) is 0 Å². The molecule has 0 aromatic rings. The SMILES string of the molecule is CN1C2C=CC23C[C@@H](O)CC13. The lowest BCUT2D eigenvalue weighted by Crippen LogP contribution is -2.69. The normalized spacial score (nSPS) is 59.6. The molecule has 1 saturated heterocycles. The molecule has 2 fully saturated rings. The van der Waals surface area contributed by atoms with Gasteiger partial charge in [-0.05, 0) is 19.9 Å². The number of aliphatic hydroxyl groups is 1. The van der Waals surface area contributed by atoms with Crippen LogP contribution in [0.5, 0.6) is 0 Å². The maximum Gasteiger partial charge on any atom is 0.0565 e. The van der Waals surface area contributed by atoms with Crippen molar-refractivity contribution in [2.75, 3.05) is 7.05 Å². The molecule has 2 aliphatic carbocycles. The van der Waals surface area contributed by atoms with Crippen LogP contribution in [0.2, 0.25) is 0 Å². The molecule has 1 heterocycles. The van der Waals surface area contributed by atoms with E-state index in [0.29, 0.717) is 17.5 Å². The summed E-state index contributed by atoms with van der Waals surface area (Å²) in [5, 5.41) is 9.48. The maximum atomic E-state index is 9.48. The van der Waals surface area contributed by atoms with Crippen molar-refractivity contribution in [1.29, 1.82) is 0 Å². The Bertz CT molecular complexity index is 238. The van der Waals surface area contributed by atoms with E-state index in [4.69, 9.17) is 0 Å². The molecular weight excluding hydrogens is 138 g/mol. The van der Waals surface area contributed by atoms with E-state index < -0.39 is 0 Å². The summed E-state index contributed by atoms with van der Waals surface area (Å²) < 4.78 is 0. The summed E-state index contributed by atoms with van der Waals surface area (Å²) in [6.45, 7) is 0. The molecule has 0 aromatic heterocycles. The van der Waals surface area contributed by atoms with Crippen molar-refractivity contribution in [3.63, 3.8) is 0 Å². The molecular formula is C9H13NO. The van der Waals surface area contributed by atoms with Crippen LogP contribution in [-0.4, -0.2) is 35.2 Å². The Balaban J connectivity index is 1.97. The predicted molar refractivity (Wildman–Crippen MR) is 42.2 cm³/mol. The number of hydrogen-bond donors (Lipinski definition) is 1. The lowest BCUT2D eigenvalue weighted by molar-refractivity contribution is -0.0639. The van der Waals surface area contributed by atoms with E-state index in [9.17, 15) is 5.11 Å². The Morgan fingerprint density at radius 1 is 1.64 bits per heavy atom. The molecule has 3 aliphatic rings. The zero-order valence-electron chi connectivity index (χ0n) is 6.70. The molecule has 0 aromatic carbocycles. The molecule has 60 valence electrons. The van der Waals surface area contributed by atoms with E-state index in [1.54, 1.807) is 0 Å². The third-order valence-electron chi connectivity index (χ3n) is 3.77. The van der Waals surface area contributed by atoms with Gasteiger partial charge in [0.05, 0.1) is 6.10 Å². The summed E-state index contributed by atoms with van der Waals surface area (Å²) in [5.74, 6) is 0. The first kappa shape index (κ1) is 6.21. The predicted octanol–water partition coefficient (Wildman–Crippen LogP) is 0.380. The summed E-state index contributed by atoms with van der Waals surface area (Å²) in [7, 11) is 2.16. The van der Waals surface area contributed by atoms with Crippen LogP contribution < -0.4 is 0 Å². The minimum Gasteiger partial charge on any atom is -0.393 e. The van der Waals surface area contributed by atoms with Crippen LogP contribution in [0.4, 0.5) is 0 Å². The summed E-state index contributed by atoms with van der Waals surface area (Å²) >= 11 is 0. The standard InChI is InChI=1S/C9H13NO/c1-10-7-2-3-9(7)5-6(11)4-8(9)10/h2-3,6-8,11H,4-5H2,1H3/t6-,7?,8?,9?/m0/s1. The van der Waals surface area contributed by atoms with Gasteiger partial charge in [0, 0.05) is 17.5 Å². The Labute approximate surface area is 66.5 Å². The number of aliphatic hydroxyl groups excluding tert-OH is 1. The molecule has 3 unspecified atom stereocenters. The van der Waals surface area contributed by atoms with Crippen LogP contribution in [0, 0.1) is 5.41 Å². The van der Waals surface area contributed by atoms with E-state index in [-0.39, 0.29) is 6.10 Å². The third-order valence-corrected chi connectivity index (χ3v) is 3.77. The Kier molecular flexibility index (Phi) is 0.871. The number of nitrogens with zero attached hydrogens (tertiary/aromatic N) is 1. The van der Waals surface area contributed by atoms with Gasteiger partial charge in [-0.25, -0.2) is 0 Å². The van der Waals surface area contributed by atoms with E-state index >= 15 is 0 Å². The number of likely N-dealkylation sites (N-methyl/N-ethyl adjacent to an activating group) is 1. The summed E-state index contributed by atoms with van der Waals surface area (Å²) in [6.07, 6.45) is 6.51. The second-order valence-electron chi connectivity index (χ2n) is 4.19. The summed E-state index contributed by atoms with van der Waals surface area (Å²) in [4.78, 5) is 2.39. The topological polar surface area (TPSA) is 23.5 Å². The largest absolute Gasteiger partial charge is 0.393 e. The van der Waals surface area contributed by atoms with Crippen molar-refractivity contribution in [3.8, 4) is 0 Å². The highest BCUT2D eigenvalue weighted by atomic mass is 16.3. The van der Waals surface area contributed by atoms with Gasteiger partial charge in [-0.3, -0.25) is 4.90 Å². The van der Waals surface area contributed by atoms with Crippen LogP contribution in [0.25, 0.3) is 0 Å². The Morgan fingerprint density at radius 3 is 3.00 bits per heavy atom. The molecule has 4 atom stereocenters. The first-order valence-corrected chi connectivity index (χ1v) is 4.33. The average molecular weight is 151 g/mol. The van der Waals surface area contributed by atoms with Crippen LogP contribution in [0.15, 0.2) is 12.2 Å². The van der Waals surface area contributed by atoms with Gasteiger partial charge >= 0.3 is 0 Å². The molecule has 0 bridgehead atoms. The molecule has 1 N–H and O–H groups in total. The van der Waals surface area contributed by atoms with Crippen molar-refractivity contribution in [2.45, 2.75) is 31.0 Å². The van der Waals surface area contributed by atoms with E-state index in [1.807, 2.05) is 0 Å². The van der Waals surface area contributed by atoms with Crippen LogP contribution >= 0.6 is 0 Å². The second kappa shape index (κ2) is 1.54. The minimum absolute atomic E-state index is 0.0441. The van der Waals surface area contributed by atoms with E-state index in [0.717, 1.165) is 12.8 Å². The molecule has 0 radical (unpaired) electrons. The fourth-order valence-corrected chi connectivity index (χ4v) is 3.20. The first-order valence-electron chi connectivity index (χ1n) is 4.33. The van der Waals surface area contributed by atoms with Gasteiger partial charge in [0.25, 0.3) is 0 Å². The van der Waals surface area contributed by atoms with E-state index in [2.05, 4.69) is 24.1 Å². The molecule has 1 spiro atoms. The molecule has 11 heavy (non-hydrogen) atoms. The fraction of sp³-hybridized carbons (Fsp3) is 0.778. The fourth-order valence-electron chi connectivity index (χ4n) is 3.20. The van der Waals surface area contributed by atoms with Gasteiger partial charge in [-0.1, -0.05) is 12.2 Å². The van der Waals surface area contributed by atoms with Gasteiger partial charge < -0.3 is 5.11 Å². The van der Waals surface area contributed by atoms with Crippen molar-refractivity contribution < 1.29 is 5.11 Å². The zero-order chi connectivity index (χ0) is 7.64. The van der Waals surface area contributed by atoms with Crippen LogP contribution in [-0.2, 0) is 0 Å². The van der Waals surface area contributed by atoms with Crippen molar-refractivity contribution in [3.05, 3.63) is 12.2 Å². The van der Waals surface area contributed by atoms with Gasteiger partial charge in [0.2, 0.25) is 0 Å². The quantitative estimate of drug-likeness (QED) is 0.506. The third kappa shape index (κ3) is 0.472. The van der Waals surface area contributed by atoms with Crippen LogP contribution in [0.3, 0.4) is 0 Å². The molecule has 1 saturated carbocycles. The molecule has 3 rings (SSSR count). The van der Waals surface area contributed by atoms with Crippen molar-refractivity contribution >= 4 is 0 Å². The first-order chi connectivity index (χ1) is 5.24. The highest BCUT2D eigenvalue weighted by molar-refractivity contribution is 5.36. The number of likely N-dealkylation sites (tertiary alicyclic amines) is 1. The Morgan fingerprint density at radius 2 is 2.45 bits per heavy atom. The lowest BCUT2D eigenvalue weighted by atomic mass is 9.60. The van der Waals surface area contributed by atoms with Gasteiger partial charge in [-0.15, -0.1) is 0 Å². The van der Waals surface area contributed by atoms with Gasteiger partial charge in [0.15, 0.2) is 0 Å². The van der Waals surface area contributed by atoms with Crippen molar-refractivity contribution in [2.24, 2.45) is 5.41 Å². The summed E-state index contributed by atoms with van der Waals surface area (Å²) in [6, 6.07) is 1.30. The number of hydrogen-bond acceptors (Lipinski definition) is 2. The highest BCUT2D eigenvalue weighted by Crippen LogP contribution is 2.60. The maximum absolute atomic E-state index is 9.48. The number of rotatable bonds is 0. The molecule has 1 aliphatic heterocycles. The summed E-state index contributed by atoms with van der Waals surface area (Å²) in [5.41, 5.74) is 0.411. The highest BCUT2D eigenvalue weighted by Gasteiger charge is 2.64. The molecule has 2 heteroatoms. The van der Waals surface area contributed by atoms with Gasteiger partial charge in [0.1, 0.15) is 0 Å². The Hall–Kier alpha value is -0.340. The molecule has 0 amide bonds. The lowest BCUT2D eigenvalue weighted by Gasteiger charge is -2.62. The minimum atomic E-state index is -0.0441.